The molecule has 1 aliphatic heterocycles. The Morgan fingerprint density at radius 1 is 1.05 bits per heavy atom. The van der Waals surface area contributed by atoms with E-state index < -0.39 is 0 Å². The van der Waals surface area contributed by atoms with Gasteiger partial charge < -0.3 is 14.3 Å². The van der Waals surface area contributed by atoms with Crippen LogP contribution in [0.3, 0.4) is 0 Å². The fourth-order valence-corrected chi connectivity index (χ4v) is 2.49. The minimum atomic E-state index is -0.302. The second-order valence-corrected chi connectivity index (χ2v) is 6.35. The molecule has 0 spiro atoms. The largest absolute Gasteiger partial charge is 0.495 e. The van der Waals surface area contributed by atoms with Crippen LogP contribution in [0.1, 0.15) is 33.4 Å². The highest BCUT2D eigenvalue weighted by Crippen LogP contribution is 2.37. The molecule has 100 valence electrons. The molecule has 1 aliphatic rings. The summed E-state index contributed by atoms with van der Waals surface area (Å²) in [6, 6.07) is 8.35. The first-order valence-corrected chi connectivity index (χ1v) is 6.74. The van der Waals surface area contributed by atoms with Crippen molar-refractivity contribution in [3.8, 4) is 0 Å². The predicted octanol–water partition coefficient (Wildman–Crippen LogP) is 2.78. The fourth-order valence-electron chi connectivity index (χ4n) is 2.49. The van der Waals surface area contributed by atoms with E-state index in [1.807, 2.05) is 6.07 Å². The Hall–Kier alpha value is -1.26. The van der Waals surface area contributed by atoms with Gasteiger partial charge in [0, 0.05) is 11.2 Å². The summed E-state index contributed by atoms with van der Waals surface area (Å²) in [7, 11) is -0.302. The van der Waals surface area contributed by atoms with Gasteiger partial charge in [0.05, 0.1) is 11.2 Å². The molecule has 0 radical (unpaired) electrons. The summed E-state index contributed by atoms with van der Waals surface area (Å²) >= 11 is 0. The third-order valence-corrected chi connectivity index (χ3v) is 4.34. The van der Waals surface area contributed by atoms with Gasteiger partial charge in [-0.3, -0.25) is 0 Å². The number of H-pyrrole nitrogens is 1. The van der Waals surface area contributed by atoms with E-state index in [1.165, 1.54) is 5.39 Å². The second-order valence-electron chi connectivity index (χ2n) is 6.35. The minimum absolute atomic E-state index is 0.300. The third kappa shape index (κ3) is 1.90. The first-order valence-electron chi connectivity index (χ1n) is 6.74. The lowest BCUT2D eigenvalue weighted by Gasteiger charge is -2.32. The number of nitrogens with one attached hydrogen (secondary N) is 1. The smallest absolute Gasteiger partial charge is 0.399 e. The molecule has 2 aromatic rings. The molecule has 0 amide bonds. The maximum Gasteiger partial charge on any atom is 0.495 e. The van der Waals surface area contributed by atoms with Gasteiger partial charge in [-0.2, -0.15) is 0 Å². The zero-order chi connectivity index (χ0) is 13.8. The zero-order valence-corrected chi connectivity index (χ0v) is 12.2. The van der Waals surface area contributed by atoms with Crippen molar-refractivity contribution in [1.82, 2.24) is 4.98 Å². The maximum atomic E-state index is 6.13. The van der Waals surface area contributed by atoms with Crippen LogP contribution in [0.25, 0.3) is 10.9 Å². The molecule has 0 atom stereocenters. The molecule has 3 rings (SSSR count). The molecule has 1 saturated heterocycles. The number of aromatic amines is 1. The first kappa shape index (κ1) is 12.8. The molecule has 3 nitrogen and oxygen atoms in total. The van der Waals surface area contributed by atoms with Gasteiger partial charge in [0.2, 0.25) is 0 Å². The minimum Gasteiger partial charge on any atom is -0.399 e. The first-order chi connectivity index (χ1) is 8.80. The van der Waals surface area contributed by atoms with Crippen LogP contribution in [0.5, 0.6) is 0 Å². The van der Waals surface area contributed by atoms with Gasteiger partial charge in [-0.15, -0.1) is 0 Å². The van der Waals surface area contributed by atoms with E-state index in [0.29, 0.717) is 0 Å². The summed E-state index contributed by atoms with van der Waals surface area (Å²) in [5, 5.41) is 1.18. The fraction of sp³-hybridized carbons (Fsp3) is 0.467. The molecular formula is C15H20BNO2. The van der Waals surface area contributed by atoms with Crippen LogP contribution in [0.2, 0.25) is 0 Å². The molecular weight excluding hydrogens is 237 g/mol. The zero-order valence-electron chi connectivity index (χ0n) is 12.2. The maximum absolute atomic E-state index is 6.13. The molecule has 1 aromatic heterocycles. The van der Waals surface area contributed by atoms with Crippen molar-refractivity contribution in [3.05, 3.63) is 30.0 Å². The van der Waals surface area contributed by atoms with Crippen LogP contribution in [-0.4, -0.2) is 23.3 Å². The van der Waals surface area contributed by atoms with Crippen LogP contribution >= 0.6 is 0 Å². The van der Waals surface area contributed by atoms with Gasteiger partial charge in [-0.1, -0.05) is 12.1 Å². The van der Waals surface area contributed by atoms with Crippen LogP contribution in [0, 0.1) is 6.92 Å². The second kappa shape index (κ2) is 3.87. The third-order valence-electron chi connectivity index (χ3n) is 4.34. The Kier molecular flexibility index (Phi) is 2.60. The topological polar surface area (TPSA) is 34.2 Å². The summed E-state index contributed by atoms with van der Waals surface area (Å²) < 4.78 is 12.3. The average molecular weight is 257 g/mol. The lowest BCUT2D eigenvalue weighted by Crippen LogP contribution is -2.41. The standard InChI is InChI=1S/C15H20BNO2/c1-10-9-11-12(7-6-8-13(11)17-10)16-18-14(2,3)15(4,5)19-16/h6-9,17H,1-5H3. The monoisotopic (exact) mass is 257 g/mol. The SMILES string of the molecule is Cc1cc2c(B3OC(C)(C)C(C)(C)O3)cccc2[nH]1. The number of rotatable bonds is 1. The predicted molar refractivity (Wildman–Crippen MR) is 78.8 cm³/mol. The van der Waals surface area contributed by atoms with Crippen molar-refractivity contribution < 1.29 is 9.31 Å². The molecule has 4 heteroatoms. The average Bonchev–Trinajstić information content (AvgIpc) is 2.75. The Labute approximate surface area is 114 Å². The number of hydrogen-bond acceptors (Lipinski definition) is 2. The van der Waals surface area contributed by atoms with E-state index in [1.54, 1.807) is 0 Å². The van der Waals surface area contributed by atoms with Crippen molar-refractivity contribution in [3.63, 3.8) is 0 Å². The number of aromatic nitrogens is 1. The van der Waals surface area contributed by atoms with E-state index in [-0.39, 0.29) is 18.3 Å². The van der Waals surface area contributed by atoms with Gasteiger partial charge in [0.25, 0.3) is 0 Å². The number of benzene rings is 1. The lowest BCUT2D eigenvalue weighted by molar-refractivity contribution is 0.00578. The van der Waals surface area contributed by atoms with Crippen LogP contribution in [0.15, 0.2) is 24.3 Å². The lowest BCUT2D eigenvalue weighted by atomic mass is 9.77. The van der Waals surface area contributed by atoms with Crippen LogP contribution in [-0.2, 0) is 9.31 Å². The Bertz CT molecular complexity index is 614. The highest BCUT2D eigenvalue weighted by Gasteiger charge is 2.52. The van der Waals surface area contributed by atoms with E-state index >= 15 is 0 Å². The van der Waals surface area contributed by atoms with Gasteiger partial charge in [0.1, 0.15) is 0 Å². The van der Waals surface area contributed by atoms with Gasteiger partial charge in [0.15, 0.2) is 0 Å². The van der Waals surface area contributed by atoms with Crippen molar-refractivity contribution >= 4 is 23.5 Å². The molecule has 1 fully saturated rings. The van der Waals surface area contributed by atoms with Crippen molar-refractivity contribution in [2.45, 2.75) is 45.8 Å². The highest BCUT2D eigenvalue weighted by molar-refractivity contribution is 6.65. The summed E-state index contributed by atoms with van der Waals surface area (Å²) in [6.45, 7) is 10.4. The van der Waals surface area contributed by atoms with Gasteiger partial charge in [-0.05, 0) is 57.6 Å². The quantitative estimate of drug-likeness (QED) is 0.797. The Balaban J connectivity index is 2.07. The van der Waals surface area contributed by atoms with E-state index in [0.717, 1.165) is 16.7 Å². The number of aryl methyl sites for hydroxylation is 1. The van der Waals surface area contributed by atoms with E-state index in [2.05, 4.69) is 57.8 Å². The number of fused-ring (bicyclic) bond motifs is 1. The summed E-state index contributed by atoms with van der Waals surface area (Å²) in [5.41, 5.74) is 2.78. The molecule has 0 bridgehead atoms. The molecule has 1 N–H and O–H groups in total. The number of hydrogen-bond donors (Lipinski definition) is 1. The Morgan fingerprint density at radius 2 is 1.68 bits per heavy atom. The van der Waals surface area contributed by atoms with E-state index in [4.69, 9.17) is 9.31 Å². The highest BCUT2D eigenvalue weighted by atomic mass is 16.7. The van der Waals surface area contributed by atoms with E-state index in [9.17, 15) is 0 Å². The van der Waals surface area contributed by atoms with Crippen LogP contribution in [0.4, 0.5) is 0 Å². The summed E-state index contributed by atoms with van der Waals surface area (Å²) in [6.07, 6.45) is 0. The Morgan fingerprint density at radius 3 is 2.32 bits per heavy atom. The van der Waals surface area contributed by atoms with Crippen molar-refractivity contribution in [1.29, 1.82) is 0 Å². The van der Waals surface area contributed by atoms with Gasteiger partial charge in [-0.25, -0.2) is 0 Å². The molecule has 1 aromatic carbocycles. The van der Waals surface area contributed by atoms with Crippen LogP contribution < -0.4 is 5.46 Å². The normalized spacial score (nSPS) is 21.2. The van der Waals surface area contributed by atoms with Gasteiger partial charge >= 0.3 is 7.12 Å². The van der Waals surface area contributed by atoms with Crippen molar-refractivity contribution in [2.24, 2.45) is 0 Å². The summed E-state index contributed by atoms with van der Waals surface area (Å²) in [5.74, 6) is 0. The molecule has 0 aliphatic carbocycles. The molecule has 0 saturated carbocycles. The molecule has 0 unspecified atom stereocenters. The molecule has 19 heavy (non-hydrogen) atoms. The van der Waals surface area contributed by atoms with Crippen molar-refractivity contribution in [2.75, 3.05) is 0 Å². The summed E-state index contributed by atoms with van der Waals surface area (Å²) in [4.78, 5) is 3.35. The molecule has 2 heterocycles.